The summed E-state index contributed by atoms with van der Waals surface area (Å²) in [6.07, 6.45) is 2.41. The number of piperidine rings is 1. The van der Waals surface area contributed by atoms with Crippen LogP contribution >= 0.6 is 0 Å². The van der Waals surface area contributed by atoms with E-state index in [1.165, 1.54) is 6.08 Å². The molecule has 1 heterocycles. The Kier molecular flexibility index (Phi) is 5.15. The molecule has 0 N–H and O–H groups in total. The monoisotopic (exact) mass is 289 g/mol. The Labute approximate surface area is 115 Å². The van der Waals surface area contributed by atoms with Crippen LogP contribution < -0.4 is 0 Å². The third-order valence-corrected chi connectivity index (χ3v) is 5.27. The van der Waals surface area contributed by atoms with E-state index in [1.807, 2.05) is 0 Å². The molecule has 0 bridgehead atoms. The van der Waals surface area contributed by atoms with Crippen LogP contribution in [-0.4, -0.2) is 43.5 Å². The molecule has 1 aliphatic rings. The molecule has 110 valence electrons. The molecule has 0 aliphatic carbocycles. The van der Waals surface area contributed by atoms with Crippen molar-refractivity contribution >= 4 is 15.8 Å². The number of rotatable bonds is 4. The van der Waals surface area contributed by atoms with Gasteiger partial charge in [-0.25, -0.2) is 13.2 Å². The average Bonchev–Trinajstić information content (AvgIpc) is 2.28. The van der Waals surface area contributed by atoms with E-state index in [1.54, 1.807) is 25.8 Å². The maximum absolute atomic E-state index is 11.9. The van der Waals surface area contributed by atoms with Crippen LogP contribution in [0.4, 0.5) is 0 Å². The van der Waals surface area contributed by atoms with Crippen molar-refractivity contribution in [3.05, 3.63) is 12.7 Å². The van der Waals surface area contributed by atoms with Crippen LogP contribution in [0.1, 0.15) is 33.6 Å². The summed E-state index contributed by atoms with van der Waals surface area (Å²) in [5.41, 5.74) is -0.550. The Morgan fingerprint density at radius 1 is 1.37 bits per heavy atom. The Balaban J connectivity index is 2.50. The zero-order valence-corrected chi connectivity index (χ0v) is 12.7. The first kappa shape index (κ1) is 16.2. The Morgan fingerprint density at radius 3 is 2.32 bits per heavy atom. The number of hydrogen-bond acceptors (Lipinski definition) is 5. The molecule has 6 heteroatoms. The lowest BCUT2D eigenvalue weighted by atomic mass is 9.98. The number of carbonyl (C=O) groups excluding carboxylic acids is 1. The van der Waals surface area contributed by atoms with Gasteiger partial charge >= 0.3 is 5.97 Å². The van der Waals surface area contributed by atoms with Crippen molar-refractivity contribution in [2.24, 2.45) is 5.41 Å². The normalized spacial score (nSPS) is 19.1. The standard InChI is InChI=1S/C13H23NO4S/c1-5-10-19(16,17)11-6-8-14(9-7-11)18-12(15)13(2,3)4/h5,11H,1,6-10H2,2-4H3. The summed E-state index contributed by atoms with van der Waals surface area (Å²) in [7, 11) is -3.10. The van der Waals surface area contributed by atoms with Gasteiger partial charge < -0.3 is 4.84 Å². The summed E-state index contributed by atoms with van der Waals surface area (Å²) >= 11 is 0. The zero-order valence-electron chi connectivity index (χ0n) is 11.9. The molecule has 0 amide bonds. The third-order valence-electron chi connectivity index (χ3n) is 3.08. The molecular formula is C13H23NO4S. The molecule has 19 heavy (non-hydrogen) atoms. The second kappa shape index (κ2) is 6.05. The topological polar surface area (TPSA) is 63.7 Å². The molecular weight excluding hydrogens is 266 g/mol. The minimum atomic E-state index is -3.10. The van der Waals surface area contributed by atoms with E-state index < -0.39 is 15.3 Å². The van der Waals surface area contributed by atoms with Crippen LogP contribution in [0, 0.1) is 5.41 Å². The zero-order chi connectivity index (χ0) is 14.7. The van der Waals surface area contributed by atoms with Crippen molar-refractivity contribution in [3.8, 4) is 0 Å². The van der Waals surface area contributed by atoms with Crippen LogP contribution in [0.15, 0.2) is 12.7 Å². The lowest BCUT2D eigenvalue weighted by molar-refractivity contribution is -0.203. The fourth-order valence-electron chi connectivity index (χ4n) is 1.84. The molecule has 5 nitrogen and oxygen atoms in total. The molecule has 0 saturated carbocycles. The van der Waals surface area contributed by atoms with Crippen molar-refractivity contribution in [2.75, 3.05) is 18.8 Å². The number of carbonyl (C=O) groups is 1. The molecule has 1 saturated heterocycles. The van der Waals surface area contributed by atoms with Gasteiger partial charge in [0.25, 0.3) is 0 Å². The molecule has 0 spiro atoms. The number of nitrogens with zero attached hydrogens (tertiary/aromatic N) is 1. The Hall–Kier alpha value is -0.880. The van der Waals surface area contributed by atoms with Crippen LogP contribution in [-0.2, 0) is 19.5 Å². The summed E-state index contributed by atoms with van der Waals surface area (Å²) in [6, 6.07) is 0. The van der Waals surface area contributed by atoms with Gasteiger partial charge in [0.05, 0.1) is 16.4 Å². The highest BCUT2D eigenvalue weighted by atomic mass is 32.2. The first-order valence-electron chi connectivity index (χ1n) is 6.46. The van der Waals surface area contributed by atoms with Crippen LogP contribution in [0.25, 0.3) is 0 Å². The lowest BCUT2D eigenvalue weighted by Gasteiger charge is -2.31. The SMILES string of the molecule is C=CCS(=O)(=O)C1CCN(OC(=O)C(C)(C)C)CC1. The highest BCUT2D eigenvalue weighted by Crippen LogP contribution is 2.21. The minimum Gasteiger partial charge on any atom is -0.367 e. The number of sulfone groups is 1. The van der Waals surface area contributed by atoms with Crippen molar-refractivity contribution < 1.29 is 18.0 Å². The highest BCUT2D eigenvalue weighted by Gasteiger charge is 2.32. The van der Waals surface area contributed by atoms with Gasteiger partial charge in [-0.3, -0.25) is 0 Å². The van der Waals surface area contributed by atoms with E-state index in [2.05, 4.69) is 6.58 Å². The summed E-state index contributed by atoms with van der Waals surface area (Å²) in [4.78, 5) is 17.0. The summed E-state index contributed by atoms with van der Waals surface area (Å²) < 4.78 is 23.8. The van der Waals surface area contributed by atoms with E-state index in [0.29, 0.717) is 25.9 Å². The molecule has 0 aromatic rings. The predicted molar refractivity (Wildman–Crippen MR) is 74.1 cm³/mol. The first-order chi connectivity index (χ1) is 8.66. The molecule has 0 aromatic heterocycles. The fraction of sp³-hybridized carbons (Fsp3) is 0.769. The molecule has 1 fully saturated rings. The van der Waals surface area contributed by atoms with Gasteiger partial charge in [0.2, 0.25) is 0 Å². The summed E-state index contributed by atoms with van der Waals surface area (Å²) in [6.45, 7) is 9.75. The van der Waals surface area contributed by atoms with E-state index in [4.69, 9.17) is 4.84 Å². The second-order valence-corrected chi connectivity index (χ2v) is 8.20. The van der Waals surface area contributed by atoms with E-state index in [0.717, 1.165) is 0 Å². The van der Waals surface area contributed by atoms with E-state index in [9.17, 15) is 13.2 Å². The smallest absolute Gasteiger partial charge is 0.330 e. The molecule has 0 atom stereocenters. The van der Waals surface area contributed by atoms with Crippen LogP contribution in [0.3, 0.4) is 0 Å². The predicted octanol–water partition coefficient (Wildman–Crippen LogP) is 1.56. The lowest BCUT2D eigenvalue weighted by Crippen LogP contribution is -2.42. The molecule has 0 aromatic carbocycles. The fourth-order valence-corrected chi connectivity index (χ4v) is 3.37. The van der Waals surface area contributed by atoms with Crippen molar-refractivity contribution in [2.45, 2.75) is 38.9 Å². The minimum absolute atomic E-state index is 0.0133. The van der Waals surface area contributed by atoms with Gasteiger partial charge in [0.1, 0.15) is 0 Å². The molecule has 0 unspecified atom stereocenters. The third kappa shape index (κ3) is 4.62. The number of hydroxylamine groups is 2. The maximum Gasteiger partial charge on any atom is 0.330 e. The first-order valence-corrected chi connectivity index (χ1v) is 8.18. The quantitative estimate of drug-likeness (QED) is 0.735. The van der Waals surface area contributed by atoms with E-state index in [-0.39, 0.29) is 17.0 Å². The molecule has 1 aliphatic heterocycles. The van der Waals surface area contributed by atoms with Gasteiger partial charge in [-0.05, 0) is 33.6 Å². The number of hydrogen-bond donors (Lipinski definition) is 0. The van der Waals surface area contributed by atoms with Crippen LogP contribution in [0.5, 0.6) is 0 Å². The van der Waals surface area contributed by atoms with Crippen molar-refractivity contribution in [3.63, 3.8) is 0 Å². The molecule has 0 radical (unpaired) electrons. The maximum atomic E-state index is 11.9. The Bertz CT molecular complexity index is 428. The summed E-state index contributed by atoms with van der Waals surface area (Å²) in [5.74, 6) is -0.278. The van der Waals surface area contributed by atoms with Crippen molar-refractivity contribution in [1.82, 2.24) is 5.06 Å². The summed E-state index contributed by atoms with van der Waals surface area (Å²) in [5, 5.41) is 1.21. The van der Waals surface area contributed by atoms with Gasteiger partial charge in [0.15, 0.2) is 9.84 Å². The highest BCUT2D eigenvalue weighted by molar-refractivity contribution is 7.92. The van der Waals surface area contributed by atoms with Crippen LogP contribution in [0.2, 0.25) is 0 Å². The average molecular weight is 289 g/mol. The van der Waals surface area contributed by atoms with Gasteiger partial charge in [0, 0.05) is 13.1 Å². The van der Waals surface area contributed by atoms with Gasteiger partial charge in [-0.1, -0.05) is 6.08 Å². The van der Waals surface area contributed by atoms with Crippen molar-refractivity contribution in [1.29, 1.82) is 0 Å². The van der Waals surface area contributed by atoms with E-state index >= 15 is 0 Å². The second-order valence-electron chi connectivity index (χ2n) is 5.88. The Morgan fingerprint density at radius 2 is 1.89 bits per heavy atom. The largest absolute Gasteiger partial charge is 0.367 e. The van der Waals surface area contributed by atoms with Gasteiger partial charge in [-0.15, -0.1) is 11.6 Å². The molecule has 1 rings (SSSR count). The van der Waals surface area contributed by atoms with Gasteiger partial charge in [-0.2, -0.15) is 0 Å².